The molecule has 0 saturated heterocycles. The van der Waals surface area contributed by atoms with Gasteiger partial charge in [0.05, 0.1) is 11.4 Å². The van der Waals surface area contributed by atoms with Crippen LogP contribution in [0.3, 0.4) is 0 Å². The maximum Gasteiger partial charge on any atom is 0.316 e. The number of hydrogen-bond donors (Lipinski definition) is 3. The average Bonchev–Trinajstić information content (AvgIpc) is 2.56. The minimum absolute atomic E-state index is 0.0164. The standard InChI is InChI=1S/C10H11N3O2/c11-10(15)13-9-6-3-1-2-4-7(6)12-8(9)5-14/h1-2,4-6,12H,3H2,(H3,11,13,15). The molecule has 2 amide bonds. The van der Waals surface area contributed by atoms with Gasteiger partial charge in [-0.2, -0.15) is 0 Å². The topological polar surface area (TPSA) is 84.2 Å². The van der Waals surface area contributed by atoms with Crippen molar-refractivity contribution in [3.63, 3.8) is 0 Å². The molecule has 1 heterocycles. The second-order valence-corrected chi connectivity index (χ2v) is 3.40. The summed E-state index contributed by atoms with van der Waals surface area (Å²) in [5, 5.41) is 5.44. The van der Waals surface area contributed by atoms with Crippen LogP contribution < -0.4 is 16.4 Å². The molecular weight excluding hydrogens is 194 g/mol. The second kappa shape index (κ2) is 3.61. The molecule has 0 spiro atoms. The molecular formula is C10H11N3O2. The van der Waals surface area contributed by atoms with Crippen LogP contribution in [-0.2, 0) is 4.79 Å². The molecule has 5 heteroatoms. The molecule has 0 fully saturated rings. The van der Waals surface area contributed by atoms with E-state index >= 15 is 0 Å². The Morgan fingerprint density at radius 1 is 1.67 bits per heavy atom. The Morgan fingerprint density at radius 2 is 2.47 bits per heavy atom. The first-order chi connectivity index (χ1) is 7.22. The third kappa shape index (κ3) is 1.63. The third-order valence-corrected chi connectivity index (χ3v) is 2.45. The lowest BCUT2D eigenvalue weighted by Crippen LogP contribution is -2.31. The fourth-order valence-corrected chi connectivity index (χ4v) is 1.82. The Morgan fingerprint density at radius 3 is 3.13 bits per heavy atom. The quantitative estimate of drug-likeness (QED) is 0.560. The molecule has 5 nitrogen and oxygen atoms in total. The van der Waals surface area contributed by atoms with E-state index in [1.54, 1.807) is 0 Å². The number of allylic oxidation sites excluding steroid dienone is 4. The van der Waals surface area contributed by atoms with Gasteiger partial charge in [0.15, 0.2) is 6.29 Å². The number of fused-ring (bicyclic) bond motifs is 1. The van der Waals surface area contributed by atoms with Gasteiger partial charge in [0, 0.05) is 11.6 Å². The smallest absolute Gasteiger partial charge is 0.316 e. The summed E-state index contributed by atoms with van der Waals surface area (Å²) in [6, 6.07) is -0.651. The molecule has 0 aromatic rings. The van der Waals surface area contributed by atoms with Crippen LogP contribution in [0.2, 0.25) is 0 Å². The number of hydrogen-bond acceptors (Lipinski definition) is 3. The molecule has 2 rings (SSSR count). The van der Waals surface area contributed by atoms with Gasteiger partial charge in [0.1, 0.15) is 0 Å². The third-order valence-electron chi connectivity index (χ3n) is 2.45. The van der Waals surface area contributed by atoms with E-state index in [1.165, 1.54) is 0 Å². The molecule has 0 radical (unpaired) electrons. The van der Waals surface area contributed by atoms with E-state index < -0.39 is 6.03 Å². The van der Waals surface area contributed by atoms with Crippen LogP contribution in [0.5, 0.6) is 0 Å². The number of aldehydes is 1. The van der Waals surface area contributed by atoms with Crippen LogP contribution in [0.25, 0.3) is 0 Å². The van der Waals surface area contributed by atoms with Gasteiger partial charge in [-0.3, -0.25) is 4.79 Å². The molecule has 78 valence electrons. The first-order valence-corrected chi connectivity index (χ1v) is 4.62. The summed E-state index contributed by atoms with van der Waals surface area (Å²) in [7, 11) is 0. The van der Waals surface area contributed by atoms with Crippen molar-refractivity contribution in [2.75, 3.05) is 0 Å². The number of nitrogens with two attached hydrogens (primary N) is 1. The number of primary amides is 1. The summed E-state index contributed by atoms with van der Waals surface area (Å²) < 4.78 is 0. The zero-order chi connectivity index (χ0) is 10.8. The monoisotopic (exact) mass is 205 g/mol. The molecule has 0 bridgehead atoms. The highest BCUT2D eigenvalue weighted by molar-refractivity contribution is 5.81. The molecule has 1 aliphatic heterocycles. The van der Waals surface area contributed by atoms with Crippen molar-refractivity contribution in [2.45, 2.75) is 6.42 Å². The van der Waals surface area contributed by atoms with Crippen molar-refractivity contribution in [2.24, 2.45) is 11.7 Å². The highest BCUT2D eigenvalue weighted by Crippen LogP contribution is 2.31. The Labute approximate surface area is 86.7 Å². The highest BCUT2D eigenvalue weighted by Gasteiger charge is 2.30. The van der Waals surface area contributed by atoms with E-state index in [0.29, 0.717) is 17.7 Å². The highest BCUT2D eigenvalue weighted by atomic mass is 16.2. The molecule has 0 aromatic heterocycles. The van der Waals surface area contributed by atoms with Crippen LogP contribution in [0, 0.1) is 5.92 Å². The summed E-state index contributed by atoms with van der Waals surface area (Å²) in [5.41, 5.74) is 6.91. The number of rotatable bonds is 2. The molecule has 4 N–H and O–H groups in total. The van der Waals surface area contributed by atoms with Gasteiger partial charge in [-0.05, 0) is 12.5 Å². The van der Waals surface area contributed by atoms with Gasteiger partial charge in [-0.15, -0.1) is 0 Å². The van der Waals surface area contributed by atoms with Crippen LogP contribution in [0.15, 0.2) is 35.3 Å². The van der Waals surface area contributed by atoms with Crippen LogP contribution in [0.1, 0.15) is 6.42 Å². The van der Waals surface area contributed by atoms with E-state index in [-0.39, 0.29) is 5.92 Å². The van der Waals surface area contributed by atoms with Crippen molar-refractivity contribution < 1.29 is 9.59 Å². The predicted octanol–water partition coefficient (Wildman–Crippen LogP) is 0.128. The number of carbonyl (C=O) groups is 2. The lowest BCUT2D eigenvalue weighted by atomic mass is 9.96. The largest absolute Gasteiger partial charge is 0.354 e. The van der Waals surface area contributed by atoms with Crippen LogP contribution in [0.4, 0.5) is 4.79 Å². The zero-order valence-corrected chi connectivity index (χ0v) is 7.99. The fourth-order valence-electron chi connectivity index (χ4n) is 1.82. The lowest BCUT2D eigenvalue weighted by Gasteiger charge is -2.16. The van der Waals surface area contributed by atoms with Gasteiger partial charge in [-0.25, -0.2) is 4.79 Å². The fraction of sp³-hybridized carbons (Fsp3) is 0.200. The van der Waals surface area contributed by atoms with Gasteiger partial charge in [0.25, 0.3) is 0 Å². The predicted molar refractivity (Wildman–Crippen MR) is 54.3 cm³/mol. The number of nitrogens with one attached hydrogen (secondary N) is 2. The number of urea groups is 1. The van der Waals surface area contributed by atoms with Gasteiger partial charge in [0.2, 0.25) is 0 Å². The Kier molecular flexibility index (Phi) is 2.29. The molecule has 2 aliphatic rings. The Hall–Kier alpha value is -2.04. The van der Waals surface area contributed by atoms with E-state index in [4.69, 9.17) is 5.73 Å². The van der Waals surface area contributed by atoms with Crippen molar-refractivity contribution in [3.8, 4) is 0 Å². The van der Waals surface area contributed by atoms with E-state index in [9.17, 15) is 9.59 Å². The molecule has 0 aromatic carbocycles. The van der Waals surface area contributed by atoms with E-state index in [1.807, 2.05) is 18.2 Å². The summed E-state index contributed by atoms with van der Waals surface area (Å²) >= 11 is 0. The summed E-state index contributed by atoms with van der Waals surface area (Å²) in [5.74, 6) is 0.0164. The maximum atomic E-state index is 10.8. The molecule has 1 aliphatic carbocycles. The first-order valence-electron chi connectivity index (χ1n) is 4.62. The van der Waals surface area contributed by atoms with E-state index in [0.717, 1.165) is 12.1 Å². The van der Waals surface area contributed by atoms with Gasteiger partial charge in [-0.1, -0.05) is 12.2 Å². The minimum Gasteiger partial charge on any atom is -0.354 e. The SMILES string of the molecule is NC(=O)NC1=C(C=O)NC2=CC=CCC21. The Balaban J connectivity index is 2.30. The van der Waals surface area contributed by atoms with Gasteiger partial charge >= 0.3 is 6.03 Å². The number of carbonyl (C=O) groups excluding carboxylic acids is 2. The maximum absolute atomic E-state index is 10.8. The summed E-state index contributed by atoms with van der Waals surface area (Å²) in [6.45, 7) is 0. The molecule has 1 atom stereocenters. The first kappa shape index (κ1) is 9.51. The zero-order valence-electron chi connectivity index (χ0n) is 7.99. The van der Waals surface area contributed by atoms with Crippen LogP contribution >= 0.6 is 0 Å². The van der Waals surface area contributed by atoms with Gasteiger partial charge < -0.3 is 16.4 Å². The average molecular weight is 205 g/mol. The summed E-state index contributed by atoms with van der Waals surface area (Å²) in [4.78, 5) is 21.6. The van der Waals surface area contributed by atoms with Crippen molar-refractivity contribution >= 4 is 12.3 Å². The van der Waals surface area contributed by atoms with Crippen molar-refractivity contribution in [1.82, 2.24) is 10.6 Å². The molecule has 15 heavy (non-hydrogen) atoms. The van der Waals surface area contributed by atoms with Crippen LogP contribution in [-0.4, -0.2) is 12.3 Å². The Bertz CT molecular complexity index is 407. The number of amides is 2. The van der Waals surface area contributed by atoms with E-state index in [2.05, 4.69) is 10.6 Å². The molecule has 1 unspecified atom stereocenters. The second-order valence-electron chi connectivity index (χ2n) is 3.40. The summed E-state index contributed by atoms with van der Waals surface area (Å²) in [6.07, 6.45) is 7.21. The lowest BCUT2D eigenvalue weighted by molar-refractivity contribution is -0.105. The molecule has 0 saturated carbocycles. The van der Waals surface area contributed by atoms with Crippen molar-refractivity contribution in [1.29, 1.82) is 0 Å². The normalized spacial score (nSPS) is 22.9. The minimum atomic E-state index is -0.651. The van der Waals surface area contributed by atoms with Crippen molar-refractivity contribution in [3.05, 3.63) is 35.3 Å².